The van der Waals surface area contributed by atoms with Gasteiger partial charge in [0.1, 0.15) is 5.82 Å². The number of hydrogen-bond donors (Lipinski definition) is 0. The smallest absolute Gasteiger partial charge is 0.137 e. The van der Waals surface area contributed by atoms with Gasteiger partial charge in [-0.3, -0.25) is 4.90 Å². The molecule has 0 saturated carbocycles. The second-order valence-electron chi connectivity index (χ2n) is 3.96. The Hall–Kier alpha value is -0.120. The maximum atomic E-state index is 13.0. The van der Waals surface area contributed by atoms with Crippen molar-refractivity contribution in [2.75, 3.05) is 19.0 Å². The van der Waals surface area contributed by atoms with Crippen LogP contribution in [0.3, 0.4) is 0 Å². The molecule has 0 radical (unpaired) electrons. The molecule has 82 valence electrons. The molecule has 0 aromatic heterocycles. The third-order valence-corrected chi connectivity index (χ3v) is 3.69. The fourth-order valence-electron chi connectivity index (χ4n) is 1.80. The van der Waals surface area contributed by atoms with Crippen molar-refractivity contribution >= 4 is 27.5 Å². The first-order valence-electron chi connectivity index (χ1n) is 4.91. The summed E-state index contributed by atoms with van der Waals surface area (Å²) in [5.74, 6) is 1.17. The lowest BCUT2D eigenvalue weighted by Gasteiger charge is -2.38. The lowest BCUT2D eigenvalue weighted by molar-refractivity contribution is 0.107. The van der Waals surface area contributed by atoms with E-state index in [0.29, 0.717) is 10.4 Å². The Kier molecular flexibility index (Phi) is 3.65. The van der Waals surface area contributed by atoms with Gasteiger partial charge in [0, 0.05) is 25.5 Å². The fourth-order valence-corrected chi connectivity index (χ4v) is 2.42. The molecule has 0 spiro atoms. The highest BCUT2D eigenvalue weighted by Gasteiger charge is 2.25. The molecule has 1 heterocycles. The Bertz CT molecular complexity index is 352. The molecule has 1 saturated heterocycles. The SMILES string of the molecule is Fc1ccc(CN2CC(CCl)C2)cc1Br. The van der Waals surface area contributed by atoms with E-state index in [0.717, 1.165) is 31.1 Å². The van der Waals surface area contributed by atoms with Crippen LogP contribution in [-0.4, -0.2) is 23.9 Å². The summed E-state index contributed by atoms with van der Waals surface area (Å²) in [6.45, 7) is 2.99. The van der Waals surface area contributed by atoms with Crippen molar-refractivity contribution in [1.29, 1.82) is 0 Å². The normalized spacial score (nSPS) is 17.8. The van der Waals surface area contributed by atoms with Gasteiger partial charge in [-0.15, -0.1) is 11.6 Å². The van der Waals surface area contributed by atoms with Crippen molar-refractivity contribution < 1.29 is 4.39 Å². The number of benzene rings is 1. The van der Waals surface area contributed by atoms with Gasteiger partial charge in [0.25, 0.3) is 0 Å². The summed E-state index contributed by atoms with van der Waals surface area (Å²) >= 11 is 8.92. The summed E-state index contributed by atoms with van der Waals surface area (Å²) in [5.41, 5.74) is 1.14. The molecule has 15 heavy (non-hydrogen) atoms. The maximum absolute atomic E-state index is 13.0. The number of nitrogens with zero attached hydrogens (tertiary/aromatic N) is 1. The average Bonchev–Trinajstić information content (AvgIpc) is 2.16. The number of hydrogen-bond acceptors (Lipinski definition) is 1. The van der Waals surface area contributed by atoms with Gasteiger partial charge in [0.15, 0.2) is 0 Å². The maximum Gasteiger partial charge on any atom is 0.137 e. The topological polar surface area (TPSA) is 3.24 Å². The lowest BCUT2D eigenvalue weighted by Crippen LogP contribution is -2.46. The summed E-state index contributed by atoms with van der Waals surface area (Å²) in [4.78, 5) is 2.31. The van der Waals surface area contributed by atoms with Gasteiger partial charge in [-0.05, 0) is 39.5 Å². The van der Waals surface area contributed by atoms with Crippen molar-refractivity contribution in [3.05, 3.63) is 34.1 Å². The zero-order valence-corrected chi connectivity index (χ0v) is 10.6. The van der Waals surface area contributed by atoms with E-state index >= 15 is 0 Å². The standard InChI is InChI=1S/C11H12BrClFN/c12-10-3-8(1-2-11(10)14)5-15-6-9(4-13)7-15/h1-3,9H,4-7H2. The third-order valence-electron chi connectivity index (χ3n) is 2.64. The van der Waals surface area contributed by atoms with Crippen molar-refractivity contribution in [2.45, 2.75) is 6.54 Å². The molecule has 0 atom stereocenters. The minimum absolute atomic E-state index is 0.207. The summed E-state index contributed by atoms with van der Waals surface area (Å²) in [7, 11) is 0. The second kappa shape index (κ2) is 4.81. The Labute approximate surface area is 102 Å². The monoisotopic (exact) mass is 291 g/mol. The highest BCUT2D eigenvalue weighted by molar-refractivity contribution is 9.10. The van der Waals surface area contributed by atoms with Gasteiger partial charge in [-0.25, -0.2) is 4.39 Å². The molecule has 0 amide bonds. The third kappa shape index (κ3) is 2.71. The first-order chi connectivity index (χ1) is 7.19. The Morgan fingerprint density at radius 3 is 2.80 bits per heavy atom. The summed E-state index contributed by atoms with van der Waals surface area (Å²) in [6, 6.07) is 5.16. The van der Waals surface area contributed by atoms with Gasteiger partial charge in [-0.2, -0.15) is 0 Å². The number of likely N-dealkylation sites (tertiary alicyclic amines) is 1. The quantitative estimate of drug-likeness (QED) is 0.773. The zero-order valence-electron chi connectivity index (χ0n) is 8.22. The molecule has 0 unspecified atom stereocenters. The van der Waals surface area contributed by atoms with E-state index < -0.39 is 0 Å². The molecule has 1 aromatic rings. The molecular weight excluding hydrogens is 280 g/mol. The van der Waals surface area contributed by atoms with Crippen LogP contribution in [0.15, 0.2) is 22.7 Å². The van der Waals surface area contributed by atoms with Crippen molar-refractivity contribution in [1.82, 2.24) is 4.90 Å². The van der Waals surface area contributed by atoms with E-state index in [1.807, 2.05) is 12.1 Å². The predicted molar refractivity (Wildman–Crippen MR) is 63.6 cm³/mol. The van der Waals surface area contributed by atoms with E-state index in [9.17, 15) is 4.39 Å². The Morgan fingerprint density at radius 2 is 2.20 bits per heavy atom. The predicted octanol–water partition coefficient (Wildman–Crippen LogP) is 3.26. The van der Waals surface area contributed by atoms with Crippen molar-refractivity contribution in [2.24, 2.45) is 5.92 Å². The molecule has 1 aromatic carbocycles. The van der Waals surface area contributed by atoms with Crippen LogP contribution in [-0.2, 0) is 6.54 Å². The molecule has 0 bridgehead atoms. The van der Waals surface area contributed by atoms with E-state index in [4.69, 9.17) is 11.6 Å². The first-order valence-corrected chi connectivity index (χ1v) is 6.24. The molecule has 0 N–H and O–H groups in total. The molecule has 1 aliphatic rings. The number of alkyl halides is 1. The van der Waals surface area contributed by atoms with E-state index in [1.54, 1.807) is 0 Å². The van der Waals surface area contributed by atoms with Gasteiger partial charge >= 0.3 is 0 Å². The van der Waals surface area contributed by atoms with Crippen LogP contribution in [0.1, 0.15) is 5.56 Å². The average molecular weight is 293 g/mol. The lowest BCUT2D eigenvalue weighted by atomic mass is 10.0. The molecular formula is C11H12BrClFN. The summed E-state index contributed by atoms with van der Waals surface area (Å²) in [6.07, 6.45) is 0. The van der Waals surface area contributed by atoms with Gasteiger partial charge in [0.05, 0.1) is 4.47 Å². The molecule has 4 heteroatoms. The Balaban J connectivity index is 1.92. The molecule has 1 aliphatic heterocycles. The van der Waals surface area contributed by atoms with Crippen molar-refractivity contribution in [3.8, 4) is 0 Å². The largest absolute Gasteiger partial charge is 0.298 e. The highest BCUT2D eigenvalue weighted by Crippen LogP contribution is 2.22. The van der Waals surface area contributed by atoms with Crippen LogP contribution in [0.5, 0.6) is 0 Å². The summed E-state index contributed by atoms with van der Waals surface area (Å²) in [5, 5.41) is 0. The van der Waals surface area contributed by atoms with Crippen LogP contribution < -0.4 is 0 Å². The van der Waals surface area contributed by atoms with E-state index in [1.165, 1.54) is 6.07 Å². The molecule has 1 fully saturated rings. The molecule has 1 nitrogen and oxygen atoms in total. The van der Waals surface area contributed by atoms with Gasteiger partial charge in [-0.1, -0.05) is 6.07 Å². The van der Waals surface area contributed by atoms with Crippen LogP contribution in [0.4, 0.5) is 4.39 Å². The van der Waals surface area contributed by atoms with Gasteiger partial charge in [0.2, 0.25) is 0 Å². The molecule has 2 rings (SSSR count). The molecule has 0 aliphatic carbocycles. The number of rotatable bonds is 3. The fraction of sp³-hybridized carbons (Fsp3) is 0.455. The first kappa shape index (κ1) is 11.4. The minimum Gasteiger partial charge on any atom is -0.298 e. The van der Waals surface area contributed by atoms with Crippen LogP contribution in [0, 0.1) is 11.7 Å². The number of halogens is 3. The van der Waals surface area contributed by atoms with Crippen LogP contribution in [0.2, 0.25) is 0 Å². The van der Waals surface area contributed by atoms with E-state index in [2.05, 4.69) is 20.8 Å². The Morgan fingerprint density at radius 1 is 1.47 bits per heavy atom. The second-order valence-corrected chi connectivity index (χ2v) is 5.13. The van der Waals surface area contributed by atoms with Gasteiger partial charge < -0.3 is 0 Å². The van der Waals surface area contributed by atoms with Crippen LogP contribution in [0.25, 0.3) is 0 Å². The summed E-state index contributed by atoms with van der Waals surface area (Å²) < 4.78 is 13.5. The van der Waals surface area contributed by atoms with Crippen LogP contribution >= 0.6 is 27.5 Å². The van der Waals surface area contributed by atoms with E-state index in [-0.39, 0.29) is 5.82 Å². The minimum atomic E-state index is -0.207. The highest BCUT2D eigenvalue weighted by atomic mass is 79.9. The zero-order chi connectivity index (χ0) is 10.8. The van der Waals surface area contributed by atoms with Crippen molar-refractivity contribution in [3.63, 3.8) is 0 Å².